The van der Waals surface area contributed by atoms with Crippen molar-refractivity contribution in [1.82, 2.24) is 0 Å². The lowest BCUT2D eigenvalue weighted by atomic mass is 9.94. The van der Waals surface area contributed by atoms with Crippen LogP contribution in [0.2, 0.25) is 0 Å². The van der Waals surface area contributed by atoms with E-state index in [1.165, 1.54) is 6.08 Å². The predicted molar refractivity (Wildman–Crippen MR) is 53.4 cm³/mol. The number of hydrogen-bond acceptors (Lipinski definition) is 2. The van der Waals surface area contributed by atoms with Crippen molar-refractivity contribution in [2.75, 3.05) is 0 Å². The van der Waals surface area contributed by atoms with Crippen molar-refractivity contribution in [2.24, 2.45) is 0 Å². The van der Waals surface area contributed by atoms with Gasteiger partial charge in [0.15, 0.2) is 0 Å². The molecule has 0 N–H and O–H groups in total. The largest absolute Gasteiger partial charge is 0.455 e. The third-order valence-electron chi connectivity index (χ3n) is 1.95. The average Bonchev–Trinajstić information content (AvgIpc) is 1.84. The van der Waals surface area contributed by atoms with Crippen LogP contribution in [-0.2, 0) is 9.53 Å². The fourth-order valence-corrected chi connectivity index (χ4v) is 0.495. The zero-order chi connectivity index (χ0) is 9.99. The van der Waals surface area contributed by atoms with E-state index >= 15 is 0 Å². The van der Waals surface area contributed by atoms with E-state index in [1.54, 1.807) is 0 Å². The van der Waals surface area contributed by atoms with Gasteiger partial charge in [0, 0.05) is 6.08 Å². The van der Waals surface area contributed by atoms with Gasteiger partial charge in [0.2, 0.25) is 0 Å². The topological polar surface area (TPSA) is 26.3 Å². The number of rotatable bonds is 3. The second kappa shape index (κ2) is 3.60. The molecule has 0 aliphatic carbocycles. The lowest BCUT2D eigenvalue weighted by molar-refractivity contribution is -0.152. The van der Waals surface area contributed by atoms with Gasteiger partial charge in [0.1, 0.15) is 5.60 Å². The highest BCUT2D eigenvalue weighted by Crippen LogP contribution is 2.33. The lowest BCUT2D eigenvalue weighted by Gasteiger charge is -2.35. The molecule has 0 saturated carbocycles. The maximum Gasteiger partial charge on any atom is 0.330 e. The molecule has 3 heteroatoms. The van der Waals surface area contributed by atoms with E-state index in [2.05, 4.69) is 22.5 Å². The van der Waals surface area contributed by atoms with E-state index < -0.39 is 11.6 Å². The van der Waals surface area contributed by atoms with Crippen LogP contribution in [0.4, 0.5) is 0 Å². The molecule has 0 radical (unpaired) electrons. The molecule has 0 saturated heterocycles. The minimum atomic E-state index is -0.543. The first-order valence-corrected chi connectivity index (χ1v) is 4.54. The number of alkyl halides is 1. The van der Waals surface area contributed by atoms with Gasteiger partial charge in [-0.3, -0.25) is 0 Å². The third-order valence-corrected chi connectivity index (χ3v) is 2.91. The van der Waals surface area contributed by atoms with Crippen molar-refractivity contribution in [3.8, 4) is 0 Å². The molecule has 0 bridgehead atoms. The van der Waals surface area contributed by atoms with Crippen LogP contribution in [0.3, 0.4) is 0 Å². The number of halogens is 1. The smallest absolute Gasteiger partial charge is 0.330 e. The number of esters is 1. The molecule has 0 unspecified atom stereocenters. The van der Waals surface area contributed by atoms with Crippen molar-refractivity contribution < 1.29 is 9.53 Å². The van der Waals surface area contributed by atoms with Gasteiger partial charge >= 0.3 is 5.97 Å². The first kappa shape index (κ1) is 11.7. The van der Waals surface area contributed by atoms with Gasteiger partial charge in [-0.25, -0.2) is 4.79 Å². The molecule has 0 aromatic rings. The van der Waals surface area contributed by atoms with Gasteiger partial charge in [-0.2, -0.15) is 0 Å². The molecule has 0 amide bonds. The fraction of sp³-hybridized carbons (Fsp3) is 0.667. The highest BCUT2D eigenvalue weighted by Gasteiger charge is 2.37. The monoisotopic (exact) mass is 234 g/mol. The molecule has 0 spiro atoms. The molecule has 0 rings (SSSR count). The van der Waals surface area contributed by atoms with Crippen LogP contribution in [0.1, 0.15) is 27.7 Å². The summed E-state index contributed by atoms with van der Waals surface area (Å²) in [6.07, 6.45) is 1.17. The van der Waals surface area contributed by atoms with E-state index in [0.29, 0.717) is 0 Å². The summed E-state index contributed by atoms with van der Waals surface area (Å²) in [6.45, 7) is 10.9. The standard InChI is InChI=1S/C9H15BrO2/c1-6-7(11)12-9(4,5)8(2,3)10/h6H,1H2,2-5H3. The van der Waals surface area contributed by atoms with Crippen LogP contribution >= 0.6 is 15.9 Å². The van der Waals surface area contributed by atoms with Gasteiger partial charge in [0.05, 0.1) is 4.32 Å². The van der Waals surface area contributed by atoms with Gasteiger partial charge in [-0.1, -0.05) is 22.5 Å². The second-order valence-electron chi connectivity index (χ2n) is 3.61. The molecule has 0 aromatic carbocycles. The maximum absolute atomic E-state index is 10.9. The summed E-state index contributed by atoms with van der Waals surface area (Å²) in [4.78, 5) is 10.9. The summed E-state index contributed by atoms with van der Waals surface area (Å²) in [6, 6.07) is 0. The Balaban J connectivity index is 4.43. The quantitative estimate of drug-likeness (QED) is 0.427. The highest BCUT2D eigenvalue weighted by atomic mass is 79.9. The van der Waals surface area contributed by atoms with Crippen LogP contribution in [0.5, 0.6) is 0 Å². The molecule has 0 aliphatic rings. The Morgan fingerprint density at radius 1 is 1.42 bits per heavy atom. The van der Waals surface area contributed by atoms with E-state index in [4.69, 9.17) is 4.74 Å². The molecular formula is C9H15BrO2. The molecule has 0 fully saturated rings. The summed E-state index contributed by atoms with van der Waals surface area (Å²) in [5.41, 5.74) is -0.543. The molecule has 12 heavy (non-hydrogen) atoms. The Labute approximate surface area is 82.1 Å². The van der Waals surface area contributed by atoms with Crippen molar-refractivity contribution in [1.29, 1.82) is 0 Å². The van der Waals surface area contributed by atoms with Crippen LogP contribution in [0.25, 0.3) is 0 Å². The van der Waals surface area contributed by atoms with Crippen molar-refractivity contribution in [2.45, 2.75) is 37.6 Å². The van der Waals surface area contributed by atoms with Crippen molar-refractivity contribution in [3.63, 3.8) is 0 Å². The summed E-state index contributed by atoms with van der Waals surface area (Å²) >= 11 is 3.45. The SMILES string of the molecule is C=CC(=O)OC(C)(C)C(C)(C)Br. The van der Waals surface area contributed by atoms with E-state index in [-0.39, 0.29) is 4.32 Å². The van der Waals surface area contributed by atoms with Gasteiger partial charge in [-0.15, -0.1) is 0 Å². The Kier molecular flexibility index (Phi) is 3.51. The van der Waals surface area contributed by atoms with Crippen LogP contribution in [0.15, 0.2) is 12.7 Å². The molecule has 0 atom stereocenters. The fourth-order valence-electron chi connectivity index (χ4n) is 0.414. The number of carbonyl (C=O) groups excluding carboxylic acids is 1. The predicted octanol–water partition coefficient (Wildman–Crippen LogP) is 2.67. The summed E-state index contributed by atoms with van der Waals surface area (Å²) in [5, 5.41) is 0. The Morgan fingerprint density at radius 3 is 2.08 bits per heavy atom. The number of carbonyl (C=O) groups is 1. The third kappa shape index (κ3) is 2.97. The van der Waals surface area contributed by atoms with Crippen LogP contribution in [-0.4, -0.2) is 15.9 Å². The molecule has 0 aromatic heterocycles. The van der Waals surface area contributed by atoms with Gasteiger partial charge in [-0.05, 0) is 27.7 Å². The minimum absolute atomic E-state index is 0.251. The lowest BCUT2D eigenvalue weighted by Crippen LogP contribution is -2.43. The van der Waals surface area contributed by atoms with Crippen molar-refractivity contribution in [3.05, 3.63) is 12.7 Å². The maximum atomic E-state index is 10.9. The zero-order valence-corrected chi connectivity index (χ0v) is 9.56. The van der Waals surface area contributed by atoms with Gasteiger partial charge < -0.3 is 4.74 Å². The second-order valence-corrected chi connectivity index (χ2v) is 5.59. The molecular weight excluding hydrogens is 220 g/mol. The zero-order valence-electron chi connectivity index (χ0n) is 7.98. The minimum Gasteiger partial charge on any atom is -0.455 e. The molecule has 0 heterocycles. The first-order valence-electron chi connectivity index (χ1n) is 3.75. The van der Waals surface area contributed by atoms with E-state index in [1.807, 2.05) is 27.7 Å². The Morgan fingerprint density at radius 2 is 1.83 bits per heavy atom. The average molecular weight is 235 g/mol. The number of ether oxygens (including phenoxy) is 1. The first-order chi connectivity index (χ1) is 5.20. The summed E-state index contributed by atoms with van der Waals surface area (Å²) in [7, 11) is 0. The molecule has 0 aliphatic heterocycles. The summed E-state index contributed by atoms with van der Waals surface area (Å²) in [5.74, 6) is -0.396. The van der Waals surface area contributed by atoms with E-state index in [9.17, 15) is 4.79 Å². The van der Waals surface area contributed by atoms with E-state index in [0.717, 1.165) is 0 Å². The molecule has 2 nitrogen and oxygen atoms in total. The highest BCUT2D eigenvalue weighted by molar-refractivity contribution is 9.10. The Hall–Kier alpha value is -0.310. The van der Waals surface area contributed by atoms with Crippen LogP contribution < -0.4 is 0 Å². The normalized spacial score (nSPS) is 12.4. The summed E-state index contributed by atoms with van der Waals surface area (Å²) < 4.78 is 4.90. The Bertz CT molecular complexity index is 189. The van der Waals surface area contributed by atoms with Gasteiger partial charge in [0.25, 0.3) is 0 Å². The van der Waals surface area contributed by atoms with Crippen molar-refractivity contribution >= 4 is 21.9 Å². The molecule has 70 valence electrons. The van der Waals surface area contributed by atoms with Crippen LogP contribution in [0, 0.1) is 0 Å². The number of hydrogen-bond donors (Lipinski definition) is 0.